The smallest absolute Gasteiger partial charge is 0.395 e. The lowest BCUT2D eigenvalue weighted by Crippen LogP contribution is -2.37. The van der Waals surface area contributed by atoms with Crippen molar-refractivity contribution in [2.75, 3.05) is 17.6 Å². The number of pyridine rings is 1. The molecule has 0 saturated carbocycles. The average molecular weight is 776 g/mol. The average Bonchev–Trinajstić information content (AvgIpc) is 3.74. The lowest BCUT2D eigenvalue weighted by molar-refractivity contribution is -0.142. The molecule has 0 radical (unpaired) electrons. The Kier molecular flexibility index (Phi) is 10.1. The Bertz CT molecular complexity index is 2360. The van der Waals surface area contributed by atoms with Gasteiger partial charge in [0.05, 0.1) is 23.9 Å². The van der Waals surface area contributed by atoms with Gasteiger partial charge in [0, 0.05) is 53.3 Å². The van der Waals surface area contributed by atoms with E-state index in [1.165, 1.54) is 17.0 Å². The third kappa shape index (κ3) is 7.69. The highest BCUT2D eigenvalue weighted by molar-refractivity contribution is 7.85. The standard InChI is InChI=1S/C36H32F7N7O3S/c1-34(2,18-51)12-10-22-8-9-23(24-6-5-7-25-29(24)49(3)47-32(25)48-54(4)53)28(44-22)27(16-19-14-20(37)17-21(38)15-19)45-33(52)50-31-26(11-13-35(31,39)40)30(46-50)36(41,42)43/h5-9,14-15,17,27,51H,11,13,16,18H2,1-4H3,(H,45,52)(H,47,48). The minimum atomic E-state index is -5.15. The number of rotatable bonds is 8. The second kappa shape index (κ2) is 14.2. The van der Waals surface area contributed by atoms with Crippen LogP contribution in [0.5, 0.6) is 0 Å². The summed E-state index contributed by atoms with van der Waals surface area (Å²) < 4.78 is 117. The largest absolute Gasteiger partial charge is 0.435 e. The molecule has 5 aromatic rings. The fourth-order valence-electron chi connectivity index (χ4n) is 6.31. The number of alkyl halides is 5. The molecule has 0 aliphatic heterocycles. The van der Waals surface area contributed by atoms with Crippen molar-refractivity contribution < 1.29 is 44.8 Å². The monoisotopic (exact) mass is 775 g/mol. The van der Waals surface area contributed by atoms with E-state index in [0.717, 1.165) is 12.1 Å². The van der Waals surface area contributed by atoms with Crippen molar-refractivity contribution in [2.45, 2.75) is 51.3 Å². The molecule has 3 aromatic heterocycles. The first-order valence-electron chi connectivity index (χ1n) is 16.3. The van der Waals surface area contributed by atoms with Gasteiger partial charge in [-0.15, -0.1) is 0 Å². The topological polar surface area (TPSA) is 127 Å². The van der Waals surface area contributed by atoms with Gasteiger partial charge in [0.25, 0.3) is 5.92 Å². The number of nitrogens with zero attached hydrogens (tertiary/aromatic N) is 5. The number of nitrogens with one attached hydrogen (secondary N) is 2. The molecular weight excluding hydrogens is 743 g/mol. The van der Waals surface area contributed by atoms with E-state index in [9.17, 15) is 36.1 Å². The molecule has 3 N–H and O–H groups in total. The highest BCUT2D eigenvalue weighted by Crippen LogP contribution is 2.46. The van der Waals surface area contributed by atoms with E-state index in [1.54, 1.807) is 45.2 Å². The number of aliphatic hydroxyl groups is 1. The highest BCUT2D eigenvalue weighted by Gasteiger charge is 2.51. The van der Waals surface area contributed by atoms with Crippen LogP contribution in [0.4, 0.5) is 41.3 Å². The van der Waals surface area contributed by atoms with Gasteiger partial charge in [0.2, 0.25) is 0 Å². The normalized spacial score (nSPS) is 15.0. The molecule has 6 rings (SSSR count). The number of carbonyl (C=O) groups is 1. The van der Waals surface area contributed by atoms with Crippen LogP contribution in [0.2, 0.25) is 0 Å². The van der Waals surface area contributed by atoms with Gasteiger partial charge in [0.1, 0.15) is 34.0 Å². The van der Waals surface area contributed by atoms with Gasteiger partial charge < -0.3 is 10.4 Å². The molecule has 2 unspecified atom stereocenters. The van der Waals surface area contributed by atoms with E-state index in [4.69, 9.17) is 4.98 Å². The number of carbonyl (C=O) groups excluding carboxylic acids is 1. The predicted molar refractivity (Wildman–Crippen MR) is 186 cm³/mol. The summed E-state index contributed by atoms with van der Waals surface area (Å²) in [6.45, 7) is 3.03. The molecule has 0 saturated heterocycles. The lowest BCUT2D eigenvalue weighted by Gasteiger charge is -2.23. The first kappa shape index (κ1) is 38.4. The quantitative estimate of drug-likeness (QED) is 0.118. The summed E-state index contributed by atoms with van der Waals surface area (Å²) >= 11 is 0. The molecule has 18 heteroatoms. The number of benzene rings is 2. The SMILES string of the molecule is Cn1nc(NS(C)=O)c2cccc(-c3ccc(C#CC(C)(C)CO)nc3C(Cc3cc(F)cc(F)c3)NC(=O)n3nc(C(F)(F)F)c4c3C(F)(F)CC4)c21. The van der Waals surface area contributed by atoms with Gasteiger partial charge in [-0.1, -0.05) is 18.1 Å². The molecule has 2 aromatic carbocycles. The van der Waals surface area contributed by atoms with Crippen molar-refractivity contribution in [1.29, 1.82) is 0 Å². The fourth-order valence-corrected chi connectivity index (χ4v) is 6.73. The Morgan fingerprint density at radius 1 is 1.07 bits per heavy atom. The van der Waals surface area contributed by atoms with Gasteiger partial charge in [0.15, 0.2) is 11.5 Å². The molecule has 2 atom stereocenters. The van der Waals surface area contributed by atoms with Crippen molar-refractivity contribution >= 4 is 33.7 Å². The van der Waals surface area contributed by atoms with Gasteiger partial charge in [-0.2, -0.15) is 36.8 Å². The summed E-state index contributed by atoms with van der Waals surface area (Å²) in [5, 5.41) is 20.5. The van der Waals surface area contributed by atoms with Crippen LogP contribution in [0.25, 0.3) is 22.0 Å². The summed E-state index contributed by atoms with van der Waals surface area (Å²) in [7, 11) is 0.107. The molecule has 3 heterocycles. The number of halogens is 7. The zero-order valence-electron chi connectivity index (χ0n) is 29.1. The van der Waals surface area contributed by atoms with E-state index < -0.39 is 88.4 Å². The summed E-state index contributed by atoms with van der Waals surface area (Å²) in [5.74, 6) is 0.252. The maximum atomic E-state index is 15.1. The molecule has 0 bridgehead atoms. The first-order valence-corrected chi connectivity index (χ1v) is 17.9. The number of hydrogen-bond acceptors (Lipinski definition) is 6. The molecule has 1 aliphatic carbocycles. The summed E-state index contributed by atoms with van der Waals surface area (Å²) in [6, 6.07) is 7.78. The Morgan fingerprint density at radius 2 is 1.78 bits per heavy atom. The van der Waals surface area contributed by atoms with Crippen molar-refractivity contribution in [3.63, 3.8) is 0 Å². The van der Waals surface area contributed by atoms with Crippen LogP contribution in [-0.2, 0) is 43.0 Å². The van der Waals surface area contributed by atoms with E-state index >= 15 is 8.78 Å². The molecular formula is C36H32F7N7O3S. The third-order valence-electron chi connectivity index (χ3n) is 8.71. The van der Waals surface area contributed by atoms with Crippen LogP contribution >= 0.6 is 0 Å². The molecule has 284 valence electrons. The van der Waals surface area contributed by atoms with Crippen molar-refractivity contribution in [3.05, 3.63) is 94.1 Å². The lowest BCUT2D eigenvalue weighted by atomic mass is 9.93. The van der Waals surface area contributed by atoms with Gasteiger partial charge in [-0.05, 0) is 68.5 Å². The summed E-state index contributed by atoms with van der Waals surface area (Å²) in [5.41, 5.74) is -3.26. The number of para-hydroxylation sites is 1. The van der Waals surface area contributed by atoms with Crippen LogP contribution in [0.3, 0.4) is 0 Å². The van der Waals surface area contributed by atoms with Crippen molar-refractivity contribution in [2.24, 2.45) is 12.5 Å². The number of aliphatic hydroxyl groups excluding tert-OH is 1. The number of aryl methyl sites for hydroxylation is 1. The molecule has 54 heavy (non-hydrogen) atoms. The van der Waals surface area contributed by atoms with Crippen LogP contribution in [0.15, 0.2) is 48.5 Å². The van der Waals surface area contributed by atoms with Gasteiger partial charge >= 0.3 is 12.2 Å². The van der Waals surface area contributed by atoms with Crippen LogP contribution < -0.4 is 10.0 Å². The Balaban J connectivity index is 1.58. The molecule has 0 fully saturated rings. The van der Waals surface area contributed by atoms with E-state index in [2.05, 4.69) is 32.1 Å². The Labute approximate surface area is 306 Å². The second-order valence-corrected chi connectivity index (χ2v) is 14.5. The second-order valence-electron chi connectivity index (χ2n) is 13.4. The molecule has 1 amide bonds. The molecule has 0 spiro atoms. The van der Waals surface area contributed by atoms with Crippen LogP contribution in [-0.4, -0.2) is 52.8 Å². The van der Waals surface area contributed by atoms with Crippen LogP contribution in [0, 0.1) is 28.9 Å². The minimum Gasteiger partial charge on any atom is -0.395 e. The zero-order chi connectivity index (χ0) is 39.3. The Morgan fingerprint density at radius 3 is 2.43 bits per heavy atom. The van der Waals surface area contributed by atoms with Crippen molar-refractivity contribution in [1.82, 2.24) is 29.9 Å². The van der Waals surface area contributed by atoms with Gasteiger partial charge in [-0.3, -0.25) is 9.40 Å². The number of anilines is 1. The van der Waals surface area contributed by atoms with E-state index in [1.807, 2.05) is 0 Å². The van der Waals surface area contributed by atoms with Crippen LogP contribution in [0.1, 0.15) is 60.2 Å². The minimum absolute atomic E-state index is 0.0118. The zero-order valence-corrected chi connectivity index (χ0v) is 29.9. The van der Waals surface area contributed by atoms with Crippen molar-refractivity contribution in [3.8, 4) is 23.0 Å². The van der Waals surface area contributed by atoms with E-state index in [-0.39, 0.29) is 39.6 Å². The Hall–Kier alpha value is -5.28. The maximum absolute atomic E-state index is 15.1. The number of aromatic nitrogens is 5. The molecule has 1 aliphatic rings. The summed E-state index contributed by atoms with van der Waals surface area (Å²) in [6.07, 6.45) is -5.83. The highest BCUT2D eigenvalue weighted by atomic mass is 32.2. The number of hydrogen-bond donors (Lipinski definition) is 3. The fraction of sp³-hybridized carbons (Fsp3) is 0.333. The van der Waals surface area contributed by atoms with Gasteiger partial charge in [-0.25, -0.2) is 22.8 Å². The third-order valence-corrected chi connectivity index (χ3v) is 9.19. The number of amides is 1. The number of fused-ring (bicyclic) bond motifs is 2. The van der Waals surface area contributed by atoms with E-state index in [0.29, 0.717) is 22.5 Å². The molecule has 10 nitrogen and oxygen atoms in total. The first-order chi connectivity index (χ1) is 25.3. The predicted octanol–water partition coefficient (Wildman–Crippen LogP) is 6.78. The summed E-state index contributed by atoms with van der Waals surface area (Å²) in [4.78, 5) is 18.6. The maximum Gasteiger partial charge on any atom is 0.435 e.